The van der Waals surface area contributed by atoms with Crippen LogP contribution in [0.3, 0.4) is 0 Å². The number of hydrogen-bond donors (Lipinski definition) is 4. The molecule has 8 nitrogen and oxygen atoms in total. The van der Waals surface area contributed by atoms with Gasteiger partial charge in [0.15, 0.2) is 0 Å². The standard InChI is InChI=1S/C17H28N2O3S.C10H22N2O/c1-2-16-10-6-7-11-19(16)13-17(20)12-18-23(21,22)14-15-8-4-3-5-9-15;1-2-9-5-3-4-6-12(9)8-10(13)7-11/h3-5,8-9,16-18,20H,2,6-7,10-14H2,1H3;9-10,13H,2-8,11H2,1H3/t16-,17-;9-,10+/m00/s1. The molecular weight excluding hydrogens is 476 g/mol. The van der Waals surface area contributed by atoms with E-state index in [1.54, 1.807) is 12.1 Å². The van der Waals surface area contributed by atoms with Crippen LogP contribution >= 0.6 is 0 Å². The molecule has 0 radical (unpaired) electrons. The van der Waals surface area contributed by atoms with Gasteiger partial charge < -0.3 is 15.9 Å². The average Bonchev–Trinajstić information content (AvgIpc) is 2.89. The molecule has 2 aliphatic heterocycles. The Morgan fingerprint density at radius 3 is 1.94 bits per heavy atom. The fourth-order valence-electron chi connectivity index (χ4n) is 5.27. The van der Waals surface area contributed by atoms with Crippen LogP contribution < -0.4 is 10.5 Å². The maximum Gasteiger partial charge on any atom is 0.215 e. The van der Waals surface area contributed by atoms with Crippen LogP contribution in [-0.2, 0) is 15.8 Å². The van der Waals surface area contributed by atoms with E-state index < -0.39 is 16.1 Å². The topological polar surface area (TPSA) is 119 Å². The van der Waals surface area contributed by atoms with E-state index in [9.17, 15) is 18.6 Å². The number of aliphatic hydroxyl groups excluding tert-OH is 2. The first-order valence-electron chi connectivity index (χ1n) is 13.8. The first-order chi connectivity index (χ1) is 17.3. The Morgan fingerprint density at radius 2 is 1.44 bits per heavy atom. The third kappa shape index (κ3) is 11.5. The number of sulfonamides is 1. The summed E-state index contributed by atoms with van der Waals surface area (Å²) in [6.07, 6.45) is 8.72. The van der Waals surface area contributed by atoms with Gasteiger partial charge in [0.1, 0.15) is 0 Å². The van der Waals surface area contributed by atoms with Crippen molar-refractivity contribution in [3.8, 4) is 0 Å². The zero-order chi connectivity index (χ0) is 26.4. The lowest BCUT2D eigenvalue weighted by Gasteiger charge is -2.36. The summed E-state index contributed by atoms with van der Waals surface area (Å²) < 4.78 is 26.7. The quantitative estimate of drug-likeness (QED) is 0.330. The van der Waals surface area contributed by atoms with Crippen LogP contribution in [0.1, 0.15) is 70.8 Å². The van der Waals surface area contributed by atoms with Gasteiger partial charge in [0.2, 0.25) is 10.0 Å². The van der Waals surface area contributed by atoms with E-state index in [2.05, 4.69) is 28.4 Å². The molecule has 36 heavy (non-hydrogen) atoms. The van der Waals surface area contributed by atoms with Crippen molar-refractivity contribution in [2.75, 3.05) is 39.3 Å². The highest BCUT2D eigenvalue weighted by Gasteiger charge is 2.24. The number of piperidine rings is 2. The molecule has 5 N–H and O–H groups in total. The van der Waals surface area contributed by atoms with Crippen molar-refractivity contribution >= 4 is 10.0 Å². The van der Waals surface area contributed by atoms with E-state index in [0.717, 1.165) is 38.0 Å². The Kier molecular flexibility index (Phi) is 14.5. The summed E-state index contributed by atoms with van der Waals surface area (Å²) in [6.45, 7) is 8.26. The maximum absolute atomic E-state index is 12.1. The summed E-state index contributed by atoms with van der Waals surface area (Å²) in [5, 5.41) is 19.6. The zero-order valence-corrected chi connectivity index (χ0v) is 23.2. The van der Waals surface area contributed by atoms with Crippen LogP contribution in [0.15, 0.2) is 30.3 Å². The van der Waals surface area contributed by atoms with Gasteiger partial charge in [-0.3, -0.25) is 9.80 Å². The van der Waals surface area contributed by atoms with Gasteiger partial charge in [-0.05, 0) is 57.2 Å². The molecule has 2 saturated heterocycles. The highest BCUT2D eigenvalue weighted by atomic mass is 32.2. The average molecular weight is 527 g/mol. The second-order valence-electron chi connectivity index (χ2n) is 10.2. The molecule has 0 saturated carbocycles. The number of hydrogen-bond acceptors (Lipinski definition) is 7. The first-order valence-corrected chi connectivity index (χ1v) is 15.5. The van der Waals surface area contributed by atoms with Gasteiger partial charge in [-0.15, -0.1) is 0 Å². The molecule has 0 amide bonds. The first kappa shape index (κ1) is 31.1. The van der Waals surface area contributed by atoms with Crippen molar-refractivity contribution in [1.29, 1.82) is 0 Å². The van der Waals surface area contributed by atoms with E-state index in [-0.39, 0.29) is 18.4 Å². The van der Waals surface area contributed by atoms with Crippen molar-refractivity contribution in [2.24, 2.45) is 5.73 Å². The second kappa shape index (κ2) is 16.7. The molecule has 2 aliphatic rings. The third-order valence-electron chi connectivity index (χ3n) is 7.34. The van der Waals surface area contributed by atoms with Gasteiger partial charge in [-0.25, -0.2) is 13.1 Å². The Bertz CT molecular complexity index is 811. The maximum atomic E-state index is 12.1. The molecule has 4 atom stereocenters. The van der Waals surface area contributed by atoms with E-state index in [1.165, 1.54) is 38.5 Å². The van der Waals surface area contributed by atoms with Gasteiger partial charge >= 0.3 is 0 Å². The lowest BCUT2D eigenvalue weighted by molar-refractivity contribution is 0.0683. The molecule has 1 aromatic rings. The summed E-state index contributed by atoms with van der Waals surface area (Å²) in [5.74, 6) is -0.0537. The minimum Gasteiger partial charge on any atom is -0.390 e. The molecule has 2 heterocycles. The van der Waals surface area contributed by atoms with E-state index in [4.69, 9.17) is 5.73 Å². The summed E-state index contributed by atoms with van der Waals surface area (Å²) >= 11 is 0. The van der Waals surface area contributed by atoms with E-state index in [0.29, 0.717) is 25.2 Å². The zero-order valence-electron chi connectivity index (χ0n) is 22.4. The SMILES string of the molecule is CC[C@H]1CCCCN1C[C@@H](O)CNS(=O)(=O)Cc1ccccc1.CC[C@H]1CCCCN1C[C@H](O)CN. The Labute approximate surface area is 219 Å². The van der Waals surface area contributed by atoms with E-state index in [1.807, 2.05) is 18.2 Å². The number of nitrogens with zero attached hydrogens (tertiary/aromatic N) is 2. The molecule has 0 aromatic heterocycles. The summed E-state index contributed by atoms with van der Waals surface area (Å²) in [7, 11) is -3.42. The fourth-order valence-corrected chi connectivity index (χ4v) is 6.45. The van der Waals surface area contributed by atoms with Crippen LogP contribution in [0.2, 0.25) is 0 Å². The Morgan fingerprint density at radius 1 is 0.917 bits per heavy atom. The number of rotatable bonds is 12. The van der Waals surface area contributed by atoms with Crippen molar-refractivity contribution in [1.82, 2.24) is 14.5 Å². The van der Waals surface area contributed by atoms with Crippen LogP contribution in [0.25, 0.3) is 0 Å². The second-order valence-corrected chi connectivity index (χ2v) is 12.0. The van der Waals surface area contributed by atoms with Gasteiger partial charge in [0.05, 0.1) is 18.0 Å². The summed E-state index contributed by atoms with van der Waals surface area (Å²) in [5.41, 5.74) is 6.15. The molecule has 0 bridgehead atoms. The van der Waals surface area contributed by atoms with Crippen molar-refractivity contribution < 1.29 is 18.6 Å². The van der Waals surface area contributed by atoms with Crippen LogP contribution in [0.5, 0.6) is 0 Å². The predicted molar refractivity (Wildman–Crippen MR) is 147 cm³/mol. The van der Waals surface area contributed by atoms with Crippen molar-refractivity contribution in [3.05, 3.63) is 35.9 Å². The number of β-amino-alcohol motifs (C(OH)–C–C–N with tert-alkyl or cyclic N) is 2. The molecule has 3 rings (SSSR count). The molecule has 0 spiro atoms. The summed E-state index contributed by atoms with van der Waals surface area (Å²) in [4.78, 5) is 4.68. The Balaban J connectivity index is 0.000000297. The number of aliphatic hydroxyl groups is 2. The lowest BCUT2D eigenvalue weighted by Crippen LogP contribution is -2.46. The molecule has 1 aromatic carbocycles. The lowest BCUT2D eigenvalue weighted by atomic mass is 9.99. The number of nitrogens with one attached hydrogen (secondary N) is 1. The third-order valence-corrected chi connectivity index (χ3v) is 8.66. The number of likely N-dealkylation sites (tertiary alicyclic amines) is 2. The van der Waals surface area contributed by atoms with Crippen LogP contribution in [-0.4, -0.2) is 92.0 Å². The van der Waals surface area contributed by atoms with Crippen LogP contribution in [0.4, 0.5) is 0 Å². The number of nitrogens with two attached hydrogens (primary N) is 1. The molecule has 0 unspecified atom stereocenters. The molecule has 2 fully saturated rings. The minimum absolute atomic E-state index is 0.0537. The smallest absolute Gasteiger partial charge is 0.215 e. The highest BCUT2D eigenvalue weighted by molar-refractivity contribution is 7.88. The normalized spacial score (nSPS) is 23.5. The van der Waals surface area contributed by atoms with Gasteiger partial charge in [0.25, 0.3) is 0 Å². The molecule has 208 valence electrons. The predicted octanol–water partition coefficient (Wildman–Crippen LogP) is 2.30. The van der Waals surface area contributed by atoms with Gasteiger partial charge in [-0.1, -0.05) is 57.0 Å². The van der Waals surface area contributed by atoms with Crippen molar-refractivity contribution in [3.63, 3.8) is 0 Å². The summed E-state index contributed by atoms with van der Waals surface area (Å²) in [6, 6.07) is 10.3. The molecule has 9 heteroatoms. The molecule has 0 aliphatic carbocycles. The van der Waals surface area contributed by atoms with Gasteiger partial charge in [-0.2, -0.15) is 0 Å². The van der Waals surface area contributed by atoms with Crippen LogP contribution in [0, 0.1) is 0 Å². The Hall–Kier alpha value is -1.07. The van der Waals surface area contributed by atoms with Gasteiger partial charge in [0, 0.05) is 38.3 Å². The highest BCUT2D eigenvalue weighted by Crippen LogP contribution is 2.20. The largest absolute Gasteiger partial charge is 0.390 e. The van der Waals surface area contributed by atoms with Crippen molar-refractivity contribution in [2.45, 2.75) is 95.3 Å². The monoisotopic (exact) mass is 526 g/mol. The number of benzene rings is 1. The van der Waals surface area contributed by atoms with E-state index >= 15 is 0 Å². The fraction of sp³-hybridized carbons (Fsp3) is 0.778. The minimum atomic E-state index is -3.42. The molecular formula is C27H50N4O4S.